The van der Waals surface area contributed by atoms with Crippen LogP contribution in [0.5, 0.6) is 5.75 Å². The quantitative estimate of drug-likeness (QED) is 0.176. The summed E-state index contributed by atoms with van der Waals surface area (Å²) in [7, 11) is 1.52. The number of pyridine rings is 1. The van der Waals surface area contributed by atoms with E-state index in [1.807, 2.05) is 15.8 Å². The molecule has 0 unspecified atom stereocenters. The maximum absolute atomic E-state index is 15.2. The summed E-state index contributed by atoms with van der Waals surface area (Å²) in [5.74, 6) is -1.80. The van der Waals surface area contributed by atoms with Gasteiger partial charge in [-0.25, -0.2) is 13.8 Å². The maximum Gasteiger partial charge on any atom is 0.251 e. The smallest absolute Gasteiger partial charge is 0.251 e. The number of benzene rings is 3. The lowest BCUT2D eigenvalue weighted by Crippen LogP contribution is -2.42. The van der Waals surface area contributed by atoms with Crippen molar-refractivity contribution in [3.63, 3.8) is 0 Å². The lowest BCUT2D eigenvalue weighted by atomic mass is 9.88. The van der Waals surface area contributed by atoms with Gasteiger partial charge in [-0.1, -0.05) is 41.9 Å². The summed E-state index contributed by atoms with van der Waals surface area (Å²) in [5.41, 5.74) is 0.204. The number of fused-ring (bicyclic) bond motifs is 1. The van der Waals surface area contributed by atoms with Crippen LogP contribution < -0.4 is 15.0 Å². The molecule has 3 aromatic carbocycles. The van der Waals surface area contributed by atoms with Crippen molar-refractivity contribution < 1.29 is 28.5 Å². The van der Waals surface area contributed by atoms with Gasteiger partial charge >= 0.3 is 0 Å². The molecule has 3 heterocycles. The van der Waals surface area contributed by atoms with E-state index in [2.05, 4.69) is 15.4 Å². The van der Waals surface area contributed by atoms with Crippen LogP contribution in [0, 0.1) is 11.6 Å². The minimum atomic E-state index is -1.90. The van der Waals surface area contributed by atoms with Gasteiger partial charge in [0.1, 0.15) is 28.5 Å². The maximum atomic E-state index is 15.2. The molecule has 242 valence electrons. The molecular formula is C35H32ClF2N5O4. The van der Waals surface area contributed by atoms with Gasteiger partial charge in [-0.3, -0.25) is 9.48 Å². The fourth-order valence-corrected chi connectivity index (χ4v) is 6.21. The Morgan fingerprint density at radius 3 is 2.57 bits per heavy atom. The number of methoxy groups -OCH3 is 1. The summed E-state index contributed by atoms with van der Waals surface area (Å²) in [6, 6.07) is 17.5. The van der Waals surface area contributed by atoms with E-state index in [1.165, 1.54) is 7.11 Å². The van der Waals surface area contributed by atoms with Crippen molar-refractivity contribution in [2.75, 3.05) is 31.6 Å². The van der Waals surface area contributed by atoms with Crippen LogP contribution in [0.25, 0.3) is 22.2 Å². The number of ether oxygens (including phenoxy) is 1. The standard InChI is InChI=1S/C35H32ClF2N5O4/c1-47-31-12-20(11-21-17-43(23-7-8-23)41-33(21)31)34(45)39-19-35(46,22-5-3-2-4-6-22)32-14-24(42-10-9-25(44)18-42)13-30(40-32)26-15-27(36)29(38)16-28(26)37/h2-6,11-17,23,25,44,46H,7-10,18-19H2,1H3,(H,39,45)/t25-,35+/m0/s1. The van der Waals surface area contributed by atoms with Gasteiger partial charge < -0.3 is 25.2 Å². The van der Waals surface area contributed by atoms with Gasteiger partial charge in [0.2, 0.25) is 0 Å². The Bertz CT molecular complexity index is 1990. The molecule has 9 nitrogen and oxygen atoms in total. The second-order valence-electron chi connectivity index (χ2n) is 12.1. The van der Waals surface area contributed by atoms with E-state index in [1.54, 1.807) is 54.6 Å². The molecule has 1 amide bonds. The number of amides is 1. The van der Waals surface area contributed by atoms with Gasteiger partial charge in [0.05, 0.1) is 42.2 Å². The van der Waals surface area contributed by atoms with Crippen molar-refractivity contribution in [3.8, 4) is 17.0 Å². The van der Waals surface area contributed by atoms with Crippen molar-refractivity contribution in [2.24, 2.45) is 0 Å². The number of nitrogens with one attached hydrogen (secondary N) is 1. The van der Waals surface area contributed by atoms with Crippen LogP contribution in [0.1, 0.15) is 46.9 Å². The Balaban J connectivity index is 1.29. The monoisotopic (exact) mass is 659 g/mol. The molecule has 0 bridgehead atoms. The fourth-order valence-electron chi connectivity index (χ4n) is 6.04. The number of hydrogen-bond acceptors (Lipinski definition) is 7. The molecule has 47 heavy (non-hydrogen) atoms. The molecule has 2 aromatic heterocycles. The number of β-amino-alcohol motifs (C(OH)–C–C–N with tert-alkyl or cyclic N) is 1. The Hall–Kier alpha value is -4.58. The first-order valence-electron chi connectivity index (χ1n) is 15.4. The number of halogens is 3. The number of aromatic nitrogens is 3. The van der Waals surface area contributed by atoms with Crippen molar-refractivity contribution in [1.29, 1.82) is 0 Å². The normalized spacial score (nSPS) is 17.6. The third-order valence-electron chi connectivity index (χ3n) is 8.80. The van der Waals surface area contributed by atoms with E-state index in [-0.39, 0.29) is 28.5 Å². The summed E-state index contributed by atoms with van der Waals surface area (Å²) in [6.07, 6.45) is 3.97. The van der Waals surface area contributed by atoms with Crippen LogP contribution >= 0.6 is 11.6 Å². The predicted octanol–water partition coefficient (Wildman–Crippen LogP) is 5.61. The van der Waals surface area contributed by atoms with Crippen LogP contribution in [-0.2, 0) is 5.60 Å². The van der Waals surface area contributed by atoms with Gasteiger partial charge in [-0.05, 0) is 55.2 Å². The van der Waals surface area contributed by atoms with E-state index < -0.39 is 29.2 Å². The molecule has 2 fully saturated rings. The van der Waals surface area contributed by atoms with Crippen LogP contribution in [0.2, 0.25) is 5.02 Å². The van der Waals surface area contributed by atoms with Gasteiger partial charge in [0.25, 0.3) is 5.91 Å². The Morgan fingerprint density at radius 1 is 1.09 bits per heavy atom. The zero-order valence-electron chi connectivity index (χ0n) is 25.5. The summed E-state index contributed by atoms with van der Waals surface area (Å²) in [6.45, 7) is 0.527. The molecule has 1 aliphatic carbocycles. The third-order valence-corrected chi connectivity index (χ3v) is 9.09. The molecule has 3 N–H and O–H groups in total. The Kier molecular flexibility index (Phi) is 8.07. The highest BCUT2D eigenvalue weighted by molar-refractivity contribution is 6.31. The first-order valence-corrected chi connectivity index (χ1v) is 15.7. The molecule has 2 aliphatic rings. The van der Waals surface area contributed by atoms with Crippen LogP contribution in [0.4, 0.5) is 14.5 Å². The van der Waals surface area contributed by atoms with Crippen LogP contribution in [0.15, 0.2) is 72.9 Å². The lowest BCUT2D eigenvalue weighted by Gasteiger charge is -2.30. The number of carbonyl (C=O) groups is 1. The third kappa shape index (κ3) is 6.02. The largest absolute Gasteiger partial charge is 0.494 e. The summed E-state index contributed by atoms with van der Waals surface area (Å²) in [4.78, 5) is 20.2. The highest BCUT2D eigenvalue weighted by atomic mass is 35.5. The molecule has 2 atom stereocenters. The summed E-state index contributed by atoms with van der Waals surface area (Å²) in [5, 5.41) is 30.7. The molecule has 7 rings (SSSR count). The molecule has 5 aromatic rings. The van der Waals surface area contributed by atoms with Gasteiger partial charge in [-0.2, -0.15) is 5.10 Å². The van der Waals surface area contributed by atoms with Gasteiger partial charge in [-0.15, -0.1) is 0 Å². The minimum absolute atomic E-state index is 0.0640. The minimum Gasteiger partial charge on any atom is -0.494 e. The van der Waals surface area contributed by atoms with Crippen LogP contribution in [-0.4, -0.2) is 63.7 Å². The Labute approximate surface area is 274 Å². The first kappa shape index (κ1) is 31.0. The number of nitrogens with zero attached hydrogens (tertiary/aromatic N) is 4. The topological polar surface area (TPSA) is 113 Å². The van der Waals surface area contributed by atoms with Gasteiger partial charge in [0, 0.05) is 47.6 Å². The number of rotatable bonds is 9. The van der Waals surface area contributed by atoms with Gasteiger partial charge in [0.15, 0.2) is 0 Å². The summed E-state index contributed by atoms with van der Waals surface area (Å²) >= 11 is 6.04. The number of aliphatic hydroxyl groups excluding tert-OH is 1. The average molecular weight is 660 g/mol. The zero-order chi connectivity index (χ0) is 32.9. The number of aliphatic hydroxyl groups is 2. The van der Waals surface area contributed by atoms with Crippen molar-refractivity contribution in [3.05, 3.63) is 106 Å². The fraction of sp³-hybridized carbons (Fsp3) is 0.286. The van der Waals surface area contributed by atoms with E-state index in [9.17, 15) is 19.4 Å². The molecular weight excluding hydrogens is 628 g/mol. The second-order valence-corrected chi connectivity index (χ2v) is 12.5. The average Bonchev–Trinajstić information content (AvgIpc) is 3.69. The molecule has 0 spiro atoms. The lowest BCUT2D eigenvalue weighted by molar-refractivity contribution is 0.0667. The number of hydrogen-bond donors (Lipinski definition) is 3. The van der Waals surface area contributed by atoms with Crippen LogP contribution in [0.3, 0.4) is 0 Å². The number of carbonyl (C=O) groups excluding carboxylic acids is 1. The van der Waals surface area contributed by atoms with E-state index >= 15 is 4.39 Å². The van der Waals surface area contributed by atoms with Crippen molar-refractivity contribution >= 4 is 34.1 Å². The molecule has 12 heteroatoms. The highest BCUT2D eigenvalue weighted by Crippen LogP contribution is 2.38. The molecule has 1 saturated heterocycles. The van der Waals surface area contributed by atoms with Crippen molar-refractivity contribution in [2.45, 2.75) is 37.0 Å². The van der Waals surface area contributed by atoms with E-state index in [4.69, 9.17) is 16.3 Å². The molecule has 1 saturated carbocycles. The second kappa shape index (κ2) is 12.2. The highest BCUT2D eigenvalue weighted by Gasteiger charge is 2.36. The molecule has 0 radical (unpaired) electrons. The van der Waals surface area contributed by atoms with E-state index in [0.717, 1.165) is 24.3 Å². The first-order chi connectivity index (χ1) is 22.6. The van der Waals surface area contributed by atoms with Crippen molar-refractivity contribution in [1.82, 2.24) is 20.1 Å². The predicted molar refractivity (Wildman–Crippen MR) is 174 cm³/mol. The zero-order valence-corrected chi connectivity index (χ0v) is 26.2. The SMILES string of the molecule is COc1cc(C(=O)NC[C@@](O)(c2ccccc2)c2cc(N3CC[C@H](O)C3)cc(-c3cc(Cl)c(F)cc3F)n2)cc2cn(C3CC3)nc12. The number of anilines is 1. The summed E-state index contributed by atoms with van der Waals surface area (Å²) < 4.78 is 36.7. The Morgan fingerprint density at radius 2 is 1.87 bits per heavy atom. The van der Waals surface area contributed by atoms with E-state index in [0.29, 0.717) is 59.7 Å². The molecule has 1 aliphatic heterocycles.